The Morgan fingerprint density at radius 3 is 2.33 bits per heavy atom. The van der Waals surface area contributed by atoms with Gasteiger partial charge in [0.25, 0.3) is 0 Å². The van der Waals surface area contributed by atoms with Gasteiger partial charge < -0.3 is 4.65 Å². The molecule has 1 aromatic rings. The first-order chi connectivity index (χ1) is 5.95. The van der Waals surface area contributed by atoms with Gasteiger partial charge in [-0.05, 0) is 24.8 Å². The van der Waals surface area contributed by atoms with Crippen molar-refractivity contribution >= 4 is 6.92 Å². The summed E-state index contributed by atoms with van der Waals surface area (Å²) < 4.78 is 5.78. The topological polar surface area (TPSA) is 9.23 Å². The SMILES string of the molecule is c1ccc(OB2CCCC2)cc1. The lowest BCUT2D eigenvalue weighted by atomic mass is 9.66. The molecule has 62 valence electrons. The van der Waals surface area contributed by atoms with Gasteiger partial charge in [-0.2, -0.15) is 0 Å². The van der Waals surface area contributed by atoms with E-state index in [9.17, 15) is 0 Å². The Morgan fingerprint density at radius 2 is 1.67 bits per heavy atom. The molecule has 0 aromatic heterocycles. The smallest absolute Gasteiger partial charge is 0.357 e. The Hall–Kier alpha value is -0.915. The molecule has 0 amide bonds. The summed E-state index contributed by atoms with van der Waals surface area (Å²) in [6, 6.07) is 10.1. The van der Waals surface area contributed by atoms with Crippen molar-refractivity contribution in [1.82, 2.24) is 0 Å². The summed E-state index contributed by atoms with van der Waals surface area (Å²) in [6.07, 6.45) is 5.12. The Labute approximate surface area is 73.9 Å². The van der Waals surface area contributed by atoms with E-state index in [-0.39, 0.29) is 0 Å². The molecular weight excluding hydrogens is 147 g/mol. The van der Waals surface area contributed by atoms with E-state index in [1.807, 2.05) is 30.3 Å². The van der Waals surface area contributed by atoms with E-state index >= 15 is 0 Å². The molecule has 2 rings (SSSR count). The number of hydrogen-bond donors (Lipinski definition) is 0. The molecule has 12 heavy (non-hydrogen) atoms. The Morgan fingerprint density at radius 1 is 1.00 bits per heavy atom. The van der Waals surface area contributed by atoms with Crippen LogP contribution in [0, 0.1) is 0 Å². The minimum Gasteiger partial charge on any atom is -0.561 e. The summed E-state index contributed by atoms with van der Waals surface area (Å²) in [5.74, 6) is 1.02. The van der Waals surface area contributed by atoms with Crippen LogP contribution < -0.4 is 4.65 Å². The molecule has 0 atom stereocenters. The van der Waals surface area contributed by atoms with Crippen molar-refractivity contribution in [3.8, 4) is 5.75 Å². The van der Waals surface area contributed by atoms with Crippen LogP contribution in [0.2, 0.25) is 12.6 Å². The van der Waals surface area contributed by atoms with Gasteiger partial charge >= 0.3 is 6.92 Å². The zero-order chi connectivity index (χ0) is 8.23. The monoisotopic (exact) mass is 160 g/mol. The van der Waals surface area contributed by atoms with Gasteiger partial charge in [0, 0.05) is 0 Å². The van der Waals surface area contributed by atoms with E-state index in [4.69, 9.17) is 4.65 Å². The van der Waals surface area contributed by atoms with E-state index < -0.39 is 0 Å². The minimum atomic E-state index is 0.479. The molecule has 1 aliphatic rings. The standard InChI is InChI=1S/C10H13BO/c1-2-6-10(7-3-1)12-11-8-4-5-9-11/h1-3,6-7H,4-5,8-9H2. The minimum absolute atomic E-state index is 0.479. The Bertz CT molecular complexity index is 229. The van der Waals surface area contributed by atoms with Gasteiger partial charge in [0.1, 0.15) is 0 Å². The second kappa shape index (κ2) is 3.66. The van der Waals surface area contributed by atoms with E-state index in [1.165, 1.54) is 25.5 Å². The number of rotatable bonds is 2. The summed E-state index contributed by atoms with van der Waals surface area (Å²) in [7, 11) is 0. The molecule has 0 N–H and O–H groups in total. The third kappa shape index (κ3) is 1.82. The molecule has 1 nitrogen and oxygen atoms in total. The zero-order valence-electron chi connectivity index (χ0n) is 7.20. The Balaban J connectivity index is 1.94. The predicted octanol–water partition coefficient (Wildman–Crippen LogP) is 2.85. The fraction of sp³-hybridized carbons (Fsp3) is 0.400. The lowest BCUT2D eigenvalue weighted by Crippen LogP contribution is -2.15. The average Bonchev–Trinajstić information content (AvgIpc) is 2.59. The van der Waals surface area contributed by atoms with Crippen molar-refractivity contribution in [2.75, 3.05) is 0 Å². The molecule has 0 radical (unpaired) electrons. The number of para-hydroxylation sites is 1. The molecule has 0 spiro atoms. The molecule has 1 heterocycles. The lowest BCUT2D eigenvalue weighted by molar-refractivity contribution is 0.572. The van der Waals surface area contributed by atoms with Crippen LogP contribution in [0.4, 0.5) is 0 Å². The zero-order valence-corrected chi connectivity index (χ0v) is 7.20. The predicted molar refractivity (Wildman–Crippen MR) is 51.7 cm³/mol. The molecule has 1 fully saturated rings. The molecule has 0 aliphatic carbocycles. The maximum atomic E-state index is 5.78. The summed E-state index contributed by atoms with van der Waals surface area (Å²) in [5, 5.41) is 0. The molecule has 0 unspecified atom stereocenters. The molecule has 0 bridgehead atoms. The van der Waals surface area contributed by atoms with E-state index in [1.54, 1.807) is 0 Å². The van der Waals surface area contributed by atoms with Crippen molar-refractivity contribution in [3.63, 3.8) is 0 Å². The molecule has 1 saturated heterocycles. The van der Waals surface area contributed by atoms with Gasteiger partial charge in [0.15, 0.2) is 0 Å². The van der Waals surface area contributed by atoms with Gasteiger partial charge in [-0.25, -0.2) is 0 Å². The fourth-order valence-electron chi connectivity index (χ4n) is 1.70. The second-order valence-corrected chi connectivity index (χ2v) is 3.34. The van der Waals surface area contributed by atoms with Crippen LogP contribution in [-0.4, -0.2) is 6.92 Å². The largest absolute Gasteiger partial charge is 0.561 e. The molecule has 0 saturated carbocycles. The van der Waals surface area contributed by atoms with Crippen LogP contribution in [0.15, 0.2) is 30.3 Å². The van der Waals surface area contributed by atoms with Crippen molar-refractivity contribution in [3.05, 3.63) is 30.3 Å². The summed E-state index contributed by atoms with van der Waals surface area (Å²) in [4.78, 5) is 0. The van der Waals surface area contributed by atoms with Crippen LogP contribution in [0.25, 0.3) is 0 Å². The summed E-state index contributed by atoms with van der Waals surface area (Å²) in [5.41, 5.74) is 0. The highest BCUT2D eigenvalue weighted by Crippen LogP contribution is 2.22. The van der Waals surface area contributed by atoms with Crippen molar-refractivity contribution in [2.24, 2.45) is 0 Å². The average molecular weight is 160 g/mol. The maximum absolute atomic E-state index is 5.78. The molecule has 1 aliphatic heterocycles. The first kappa shape index (κ1) is 7.72. The van der Waals surface area contributed by atoms with E-state index in [0.29, 0.717) is 6.92 Å². The molecular formula is C10H13BO. The first-order valence-electron chi connectivity index (χ1n) is 4.67. The highest BCUT2D eigenvalue weighted by atomic mass is 16.4. The number of benzene rings is 1. The van der Waals surface area contributed by atoms with E-state index in [2.05, 4.69) is 0 Å². The van der Waals surface area contributed by atoms with Gasteiger partial charge in [-0.1, -0.05) is 31.0 Å². The highest BCUT2D eigenvalue weighted by Gasteiger charge is 2.22. The first-order valence-corrected chi connectivity index (χ1v) is 4.67. The second-order valence-electron chi connectivity index (χ2n) is 3.34. The third-order valence-electron chi connectivity index (χ3n) is 2.35. The van der Waals surface area contributed by atoms with Crippen molar-refractivity contribution < 1.29 is 4.65 Å². The van der Waals surface area contributed by atoms with Crippen molar-refractivity contribution in [2.45, 2.75) is 25.5 Å². The van der Waals surface area contributed by atoms with E-state index in [0.717, 1.165) is 5.75 Å². The summed E-state index contributed by atoms with van der Waals surface area (Å²) >= 11 is 0. The summed E-state index contributed by atoms with van der Waals surface area (Å²) in [6.45, 7) is 0.479. The van der Waals surface area contributed by atoms with Crippen LogP contribution in [-0.2, 0) is 0 Å². The lowest BCUT2D eigenvalue weighted by Gasteiger charge is -2.09. The van der Waals surface area contributed by atoms with Crippen LogP contribution in [0.1, 0.15) is 12.8 Å². The van der Waals surface area contributed by atoms with Crippen molar-refractivity contribution in [1.29, 1.82) is 0 Å². The van der Waals surface area contributed by atoms with Crippen LogP contribution in [0.3, 0.4) is 0 Å². The van der Waals surface area contributed by atoms with Gasteiger partial charge in [-0.3, -0.25) is 0 Å². The van der Waals surface area contributed by atoms with Crippen LogP contribution >= 0.6 is 0 Å². The fourth-order valence-corrected chi connectivity index (χ4v) is 1.70. The molecule has 2 heteroatoms. The highest BCUT2D eigenvalue weighted by molar-refractivity contribution is 6.53. The molecule has 1 aromatic carbocycles. The van der Waals surface area contributed by atoms with Crippen LogP contribution in [0.5, 0.6) is 5.75 Å². The quantitative estimate of drug-likeness (QED) is 0.604. The van der Waals surface area contributed by atoms with Gasteiger partial charge in [-0.15, -0.1) is 0 Å². The normalized spacial score (nSPS) is 16.5. The number of hydrogen-bond acceptors (Lipinski definition) is 1. The van der Waals surface area contributed by atoms with Gasteiger partial charge in [0.2, 0.25) is 0 Å². The third-order valence-corrected chi connectivity index (χ3v) is 2.35. The maximum Gasteiger partial charge on any atom is 0.357 e. The Kier molecular flexibility index (Phi) is 2.35. The van der Waals surface area contributed by atoms with Gasteiger partial charge in [0.05, 0.1) is 5.75 Å².